The van der Waals surface area contributed by atoms with Gasteiger partial charge in [-0.15, -0.1) is 0 Å². The van der Waals surface area contributed by atoms with E-state index in [0.29, 0.717) is 0 Å². The lowest BCUT2D eigenvalue weighted by Crippen LogP contribution is -2.25. The predicted octanol–water partition coefficient (Wildman–Crippen LogP) is 6.93. The van der Waals surface area contributed by atoms with Crippen LogP contribution in [-0.2, 0) is 0 Å². The highest BCUT2D eigenvalue weighted by molar-refractivity contribution is 6.30. The number of halogens is 1. The van der Waals surface area contributed by atoms with Crippen molar-refractivity contribution in [2.75, 3.05) is 36.8 Å². The molecule has 2 N–H and O–H groups in total. The summed E-state index contributed by atoms with van der Waals surface area (Å²) in [5.74, 6) is 0.816. The molecule has 0 aliphatic heterocycles. The molecular weight excluding hydrogens is 404 g/mol. The Balaban J connectivity index is 1.64. The van der Waals surface area contributed by atoms with Crippen molar-refractivity contribution >= 4 is 50.5 Å². The molecule has 0 saturated heterocycles. The summed E-state index contributed by atoms with van der Waals surface area (Å²) >= 11 is 6.03. The number of anilines is 3. The quantitative estimate of drug-likeness (QED) is 0.222. The zero-order valence-electron chi connectivity index (χ0n) is 18.2. The molecule has 31 heavy (non-hydrogen) atoms. The maximum absolute atomic E-state index is 6.03. The summed E-state index contributed by atoms with van der Waals surface area (Å²) in [5.41, 5.74) is 3.04. The van der Waals surface area contributed by atoms with Crippen LogP contribution in [0.5, 0.6) is 0 Å². The summed E-state index contributed by atoms with van der Waals surface area (Å²) in [4.78, 5) is 7.35. The van der Waals surface area contributed by atoms with Gasteiger partial charge in [0, 0.05) is 34.4 Å². The number of nitrogens with zero attached hydrogens (tertiary/aromatic N) is 2. The van der Waals surface area contributed by atoms with Crippen LogP contribution in [0, 0.1) is 0 Å². The van der Waals surface area contributed by atoms with E-state index in [-0.39, 0.29) is 0 Å². The summed E-state index contributed by atoms with van der Waals surface area (Å²) in [6, 6.07) is 22.6. The van der Waals surface area contributed by atoms with Gasteiger partial charge in [0.25, 0.3) is 0 Å². The van der Waals surface area contributed by atoms with Gasteiger partial charge in [-0.2, -0.15) is 0 Å². The van der Waals surface area contributed by atoms with Crippen LogP contribution in [0.4, 0.5) is 17.2 Å². The third-order valence-electron chi connectivity index (χ3n) is 5.65. The van der Waals surface area contributed by atoms with Crippen LogP contribution in [0.2, 0.25) is 5.02 Å². The highest BCUT2D eigenvalue weighted by Crippen LogP contribution is 2.31. The van der Waals surface area contributed by atoms with Gasteiger partial charge in [0.05, 0.1) is 5.52 Å². The number of fused-ring (bicyclic) bond motifs is 2. The standard InChI is InChI=1S/C26H29ClN4/c1-3-31(4-2)15-7-14-28-24-18-26(29-22-12-10-21(27)11-13-22)30-25-17-20-9-6-5-8-19(20)16-23(24)25/h5-6,8-13,16-18H,3-4,7,14-15H2,1-2H3,(H2,28,29,30). The molecule has 0 radical (unpaired) electrons. The Morgan fingerprint density at radius 1 is 0.903 bits per heavy atom. The fourth-order valence-corrected chi connectivity index (χ4v) is 4.00. The van der Waals surface area contributed by atoms with E-state index in [1.807, 2.05) is 24.3 Å². The average molecular weight is 433 g/mol. The lowest BCUT2D eigenvalue weighted by molar-refractivity contribution is 0.303. The lowest BCUT2D eigenvalue weighted by atomic mass is 10.1. The van der Waals surface area contributed by atoms with Crippen LogP contribution in [0.15, 0.2) is 66.7 Å². The molecule has 0 saturated carbocycles. The van der Waals surface area contributed by atoms with E-state index in [0.717, 1.165) is 65.7 Å². The minimum absolute atomic E-state index is 0.721. The fraction of sp³-hybridized carbons (Fsp3) is 0.269. The Bertz CT molecular complexity index is 1150. The van der Waals surface area contributed by atoms with Crippen LogP contribution in [-0.4, -0.2) is 36.1 Å². The van der Waals surface area contributed by atoms with Crippen LogP contribution in [0.3, 0.4) is 0 Å². The number of nitrogens with one attached hydrogen (secondary N) is 2. The molecule has 1 heterocycles. The molecule has 0 atom stereocenters. The number of hydrogen-bond donors (Lipinski definition) is 2. The first-order chi connectivity index (χ1) is 15.2. The molecule has 3 aromatic carbocycles. The molecule has 0 fully saturated rings. The SMILES string of the molecule is CCN(CC)CCCNc1cc(Nc2ccc(Cl)cc2)nc2cc3ccccc3cc12. The zero-order chi connectivity index (χ0) is 21.6. The topological polar surface area (TPSA) is 40.2 Å². The highest BCUT2D eigenvalue weighted by atomic mass is 35.5. The molecule has 0 amide bonds. The van der Waals surface area contributed by atoms with E-state index in [1.54, 1.807) is 0 Å². The molecule has 0 spiro atoms. The summed E-state index contributed by atoms with van der Waals surface area (Å²) in [6.45, 7) is 8.64. The van der Waals surface area contributed by atoms with E-state index in [2.05, 4.69) is 71.8 Å². The van der Waals surface area contributed by atoms with E-state index in [4.69, 9.17) is 16.6 Å². The molecule has 4 nitrogen and oxygen atoms in total. The molecule has 160 valence electrons. The second-order valence-electron chi connectivity index (χ2n) is 7.71. The summed E-state index contributed by atoms with van der Waals surface area (Å²) in [5, 5.41) is 11.4. The van der Waals surface area contributed by atoms with Crippen molar-refractivity contribution in [3.63, 3.8) is 0 Å². The van der Waals surface area contributed by atoms with E-state index < -0.39 is 0 Å². The fourth-order valence-electron chi connectivity index (χ4n) is 3.87. The predicted molar refractivity (Wildman–Crippen MR) is 135 cm³/mol. The van der Waals surface area contributed by atoms with Gasteiger partial charge in [0.1, 0.15) is 5.82 Å². The smallest absolute Gasteiger partial charge is 0.133 e. The number of pyridine rings is 1. The van der Waals surface area contributed by atoms with E-state index in [9.17, 15) is 0 Å². The Labute approximate surface area is 189 Å². The highest BCUT2D eigenvalue weighted by Gasteiger charge is 2.09. The molecule has 4 aromatic rings. The summed E-state index contributed by atoms with van der Waals surface area (Å²) < 4.78 is 0. The van der Waals surface area contributed by atoms with Crippen molar-refractivity contribution in [3.8, 4) is 0 Å². The van der Waals surface area contributed by atoms with Gasteiger partial charge >= 0.3 is 0 Å². The van der Waals surface area contributed by atoms with Gasteiger partial charge in [-0.05, 0) is 73.2 Å². The molecule has 0 bridgehead atoms. The monoisotopic (exact) mass is 432 g/mol. The van der Waals surface area contributed by atoms with Gasteiger partial charge in [-0.1, -0.05) is 49.7 Å². The minimum Gasteiger partial charge on any atom is -0.384 e. The van der Waals surface area contributed by atoms with E-state index in [1.165, 1.54) is 10.8 Å². The first-order valence-corrected chi connectivity index (χ1v) is 11.4. The Hall–Kier alpha value is -2.82. The van der Waals surface area contributed by atoms with Crippen LogP contribution in [0.25, 0.3) is 21.7 Å². The molecule has 5 heteroatoms. The summed E-state index contributed by atoms with van der Waals surface area (Å²) in [7, 11) is 0. The second-order valence-corrected chi connectivity index (χ2v) is 8.15. The molecular formula is C26H29ClN4. The maximum atomic E-state index is 6.03. The van der Waals surface area contributed by atoms with Gasteiger partial charge < -0.3 is 15.5 Å². The number of rotatable bonds is 9. The van der Waals surface area contributed by atoms with Crippen molar-refractivity contribution in [1.82, 2.24) is 9.88 Å². The second kappa shape index (κ2) is 9.99. The maximum Gasteiger partial charge on any atom is 0.133 e. The number of aromatic nitrogens is 1. The average Bonchev–Trinajstić information content (AvgIpc) is 2.79. The van der Waals surface area contributed by atoms with Crippen molar-refractivity contribution in [2.45, 2.75) is 20.3 Å². The zero-order valence-corrected chi connectivity index (χ0v) is 18.9. The lowest BCUT2D eigenvalue weighted by Gasteiger charge is -2.18. The van der Waals surface area contributed by atoms with Crippen LogP contribution >= 0.6 is 11.6 Å². The van der Waals surface area contributed by atoms with Gasteiger partial charge in [-0.3, -0.25) is 0 Å². The Morgan fingerprint density at radius 3 is 2.32 bits per heavy atom. The molecule has 0 aliphatic rings. The van der Waals surface area contributed by atoms with Crippen LogP contribution in [0.1, 0.15) is 20.3 Å². The van der Waals surface area contributed by atoms with Crippen molar-refractivity contribution < 1.29 is 0 Å². The minimum atomic E-state index is 0.721. The van der Waals surface area contributed by atoms with Crippen molar-refractivity contribution in [3.05, 3.63) is 71.8 Å². The van der Waals surface area contributed by atoms with E-state index >= 15 is 0 Å². The van der Waals surface area contributed by atoms with Gasteiger partial charge in [0.15, 0.2) is 0 Å². The summed E-state index contributed by atoms with van der Waals surface area (Å²) in [6.07, 6.45) is 1.10. The molecule has 1 aromatic heterocycles. The first-order valence-electron chi connectivity index (χ1n) is 11.0. The first kappa shape index (κ1) is 21.4. The largest absolute Gasteiger partial charge is 0.384 e. The van der Waals surface area contributed by atoms with Crippen molar-refractivity contribution in [1.29, 1.82) is 0 Å². The molecule has 0 aliphatic carbocycles. The van der Waals surface area contributed by atoms with Crippen molar-refractivity contribution in [2.24, 2.45) is 0 Å². The normalized spacial score (nSPS) is 11.4. The number of benzene rings is 3. The van der Waals surface area contributed by atoms with Crippen LogP contribution < -0.4 is 10.6 Å². The Kier molecular flexibility index (Phi) is 6.90. The third kappa shape index (κ3) is 5.27. The Morgan fingerprint density at radius 2 is 1.61 bits per heavy atom. The molecule has 0 unspecified atom stereocenters. The molecule has 4 rings (SSSR count). The number of hydrogen-bond acceptors (Lipinski definition) is 4. The van der Waals surface area contributed by atoms with Gasteiger partial charge in [0.2, 0.25) is 0 Å². The van der Waals surface area contributed by atoms with Gasteiger partial charge in [-0.25, -0.2) is 4.98 Å². The third-order valence-corrected chi connectivity index (χ3v) is 5.91.